The second-order valence-electron chi connectivity index (χ2n) is 10.4. The Balaban J connectivity index is 1.27. The lowest BCUT2D eigenvalue weighted by Gasteiger charge is -2.18. The molecule has 20 heteroatoms. The van der Waals surface area contributed by atoms with Gasteiger partial charge < -0.3 is 28.4 Å². The minimum absolute atomic E-state index is 0.00398. The molecule has 0 atom stereocenters. The van der Waals surface area contributed by atoms with Crippen LogP contribution in [-0.2, 0) is 14.8 Å². The van der Waals surface area contributed by atoms with Crippen LogP contribution in [0, 0.1) is 0 Å². The highest BCUT2D eigenvalue weighted by Gasteiger charge is 2.27. The molecule has 1 aliphatic rings. The van der Waals surface area contributed by atoms with Crippen molar-refractivity contribution in [3.05, 3.63) is 85.2 Å². The van der Waals surface area contributed by atoms with Gasteiger partial charge in [-0.1, -0.05) is 18.2 Å². The average Bonchev–Trinajstić information content (AvgIpc) is 3.88. The summed E-state index contributed by atoms with van der Waals surface area (Å²) >= 11 is 0. The molecule has 6 aromatic rings. The maximum Gasteiger partial charge on any atom is 0.412 e. The Morgan fingerprint density at radius 3 is 2.58 bits per heavy atom. The van der Waals surface area contributed by atoms with E-state index in [1.807, 2.05) is 0 Å². The fraction of sp³-hybridized carbons (Fsp3) is 0.125. The molecule has 7 rings (SSSR count). The van der Waals surface area contributed by atoms with Gasteiger partial charge in [0.25, 0.3) is 15.9 Å². The van der Waals surface area contributed by atoms with Crippen molar-refractivity contribution in [3.63, 3.8) is 0 Å². The van der Waals surface area contributed by atoms with Gasteiger partial charge in [-0.2, -0.15) is 4.98 Å². The van der Waals surface area contributed by atoms with Crippen LogP contribution in [0.25, 0.3) is 22.9 Å². The summed E-state index contributed by atoms with van der Waals surface area (Å²) in [4.78, 5) is 29.7. The lowest BCUT2D eigenvalue weighted by Crippen LogP contribution is -2.19. The Kier molecular flexibility index (Phi) is 9.51. The zero-order valence-electron chi connectivity index (χ0n) is 26.9. The number of amides is 1. The van der Waals surface area contributed by atoms with E-state index in [-0.39, 0.29) is 65.5 Å². The fourth-order valence-electron chi connectivity index (χ4n) is 4.68. The van der Waals surface area contributed by atoms with Crippen molar-refractivity contribution >= 4 is 27.8 Å². The molecular formula is C32H26N10O9S. The number of aromatic amines is 1. The minimum Gasteiger partial charge on any atom is -0.493 e. The monoisotopic (exact) mass is 726 g/mol. The summed E-state index contributed by atoms with van der Waals surface area (Å²) in [7, 11) is -2.92. The Labute approximate surface area is 294 Å². The Morgan fingerprint density at radius 1 is 0.923 bits per heavy atom. The normalized spacial score (nSPS) is 11.8. The molecule has 264 valence electrons. The number of rotatable bonds is 13. The van der Waals surface area contributed by atoms with Crippen LogP contribution in [0.2, 0.25) is 0 Å². The van der Waals surface area contributed by atoms with Gasteiger partial charge in [0, 0.05) is 24.0 Å². The molecule has 4 aromatic heterocycles. The highest BCUT2D eigenvalue weighted by molar-refractivity contribution is 7.92. The molecule has 52 heavy (non-hydrogen) atoms. The summed E-state index contributed by atoms with van der Waals surface area (Å²) in [5.74, 6) is 0.938. The quantitative estimate of drug-likeness (QED) is 0.142. The highest BCUT2D eigenvalue weighted by atomic mass is 32.2. The third-order valence-electron chi connectivity index (χ3n) is 7.06. The van der Waals surface area contributed by atoms with Gasteiger partial charge in [-0.15, -0.1) is 5.10 Å². The number of carbonyl (C=O) groups is 1. The first kappa shape index (κ1) is 33.4. The van der Waals surface area contributed by atoms with Gasteiger partial charge in [0.05, 0.1) is 12.0 Å². The van der Waals surface area contributed by atoms with Crippen molar-refractivity contribution in [2.24, 2.45) is 0 Å². The number of sulfonamides is 1. The van der Waals surface area contributed by atoms with E-state index < -0.39 is 16.1 Å². The van der Waals surface area contributed by atoms with E-state index in [4.69, 9.17) is 28.4 Å². The number of tetrazole rings is 1. The molecule has 0 radical (unpaired) electrons. The van der Waals surface area contributed by atoms with Crippen molar-refractivity contribution in [2.75, 3.05) is 37.2 Å². The van der Waals surface area contributed by atoms with E-state index in [9.17, 15) is 13.2 Å². The number of carbonyl (C=O) groups excluding carboxylic acids is 1. The van der Waals surface area contributed by atoms with Crippen molar-refractivity contribution in [2.45, 2.75) is 4.90 Å². The third kappa shape index (κ3) is 7.55. The number of hydrogen-bond donors (Lipinski definition) is 3. The molecule has 3 N–H and O–H groups in total. The number of fused-ring (bicyclic) bond motifs is 1. The molecule has 5 heterocycles. The summed E-state index contributed by atoms with van der Waals surface area (Å²) < 4.78 is 64.0. The highest BCUT2D eigenvalue weighted by Crippen LogP contribution is 2.42. The lowest BCUT2D eigenvalue weighted by atomic mass is 10.2. The molecule has 0 saturated heterocycles. The van der Waals surface area contributed by atoms with Crippen LogP contribution in [0.4, 0.5) is 16.4 Å². The minimum atomic E-state index is -4.36. The number of nitrogens with zero attached hydrogens (tertiary/aromatic N) is 7. The van der Waals surface area contributed by atoms with Gasteiger partial charge in [0.2, 0.25) is 12.5 Å². The van der Waals surface area contributed by atoms with Gasteiger partial charge >= 0.3 is 6.09 Å². The summed E-state index contributed by atoms with van der Waals surface area (Å²) in [5, 5.41) is 16.2. The molecule has 1 aliphatic heterocycles. The molecule has 0 bridgehead atoms. The lowest BCUT2D eigenvalue weighted by molar-refractivity contribution is 0.135. The van der Waals surface area contributed by atoms with Crippen LogP contribution >= 0.6 is 0 Å². The fourth-order valence-corrected chi connectivity index (χ4v) is 5.70. The number of nitrogens with one attached hydrogen (secondary N) is 3. The number of H-pyrrole nitrogens is 1. The Morgan fingerprint density at radius 2 is 1.77 bits per heavy atom. The van der Waals surface area contributed by atoms with Crippen LogP contribution in [0.3, 0.4) is 0 Å². The van der Waals surface area contributed by atoms with Crippen LogP contribution in [0.15, 0.2) is 90.1 Å². The molecule has 0 fully saturated rings. The van der Waals surface area contributed by atoms with Gasteiger partial charge in [-0.25, -0.2) is 28.3 Å². The number of hydrogen-bond acceptors (Lipinski definition) is 16. The second-order valence-corrected chi connectivity index (χ2v) is 12.1. The van der Waals surface area contributed by atoms with Gasteiger partial charge in [0.15, 0.2) is 40.5 Å². The summed E-state index contributed by atoms with van der Waals surface area (Å²) in [6.45, 7) is -0.540. The smallest absolute Gasteiger partial charge is 0.412 e. The molecule has 0 saturated carbocycles. The number of anilines is 2. The van der Waals surface area contributed by atoms with Crippen LogP contribution in [-0.4, -0.2) is 82.2 Å². The van der Waals surface area contributed by atoms with Crippen LogP contribution in [0.1, 0.15) is 0 Å². The molecule has 2 aromatic carbocycles. The number of para-hydroxylation sites is 2. The predicted molar refractivity (Wildman–Crippen MR) is 180 cm³/mol. The third-order valence-corrected chi connectivity index (χ3v) is 8.39. The van der Waals surface area contributed by atoms with Crippen LogP contribution in [0.5, 0.6) is 34.6 Å². The van der Waals surface area contributed by atoms with E-state index in [0.717, 1.165) is 0 Å². The topological polar surface area (TPSA) is 237 Å². The van der Waals surface area contributed by atoms with E-state index >= 15 is 0 Å². The molecular weight excluding hydrogens is 700 g/mol. The number of methoxy groups -OCH3 is 1. The number of benzene rings is 2. The Bertz CT molecular complexity index is 2310. The van der Waals surface area contributed by atoms with Gasteiger partial charge in [0.1, 0.15) is 24.7 Å². The van der Waals surface area contributed by atoms with Gasteiger partial charge in [-0.05, 0) is 59.0 Å². The van der Waals surface area contributed by atoms with Crippen molar-refractivity contribution in [1.29, 1.82) is 0 Å². The molecule has 0 aliphatic carbocycles. The maximum absolute atomic E-state index is 13.9. The number of pyridine rings is 2. The van der Waals surface area contributed by atoms with Crippen LogP contribution < -0.4 is 33.7 Å². The average molecular weight is 727 g/mol. The molecule has 19 nitrogen and oxygen atoms in total. The first-order valence-corrected chi connectivity index (χ1v) is 16.7. The SMILES string of the molecule is COc1ccccc1Oc1c(NS(=O)(=O)c2ccc3c(c2)OCO3)nc(-c2ccnc(-c3nnn[nH]3)c2)nc1OCCOC(=O)Nc1ccccn1. The summed E-state index contributed by atoms with van der Waals surface area (Å²) in [6, 6.07) is 19.0. The molecule has 0 spiro atoms. The standard InChI is InChI=1S/C32H26N10O9S/c1-46-22-6-2-3-7-24(22)51-27-30(40-52(44,45)20-9-10-23-25(17-20)50-18-49-23)36-28(19-11-13-33-21(16-19)29-38-41-42-39-29)37-31(27)47-14-15-48-32(43)35-26-8-4-5-12-34-26/h2-13,16-17H,14-15,18H2,1H3,(H,34,35,43)(H,36,37,40)(H,38,39,41,42). The maximum atomic E-state index is 13.9. The Hall–Kier alpha value is -7.09. The predicted octanol–water partition coefficient (Wildman–Crippen LogP) is 4.07. The largest absolute Gasteiger partial charge is 0.493 e. The second kappa shape index (κ2) is 14.8. The zero-order valence-corrected chi connectivity index (χ0v) is 27.7. The van der Waals surface area contributed by atoms with E-state index in [1.165, 1.54) is 37.7 Å². The van der Waals surface area contributed by atoms with Crippen molar-refractivity contribution in [3.8, 4) is 57.5 Å². The zero-order chi connectivity index (χ0) is 35.9. The first-order valence-electron chi connectivity index (χ1n) is 15.2. The summed E-state index contributed by atoms with van der Waals surface area (Å²) in [5.41, 5.74) is 0.724. The van der Waals surface area contributed by atoms with E-state index in [1.54, 1.807) is 54.6 Å². The van der Waals surface area contributed by atoms with Crippen molar-refractivity contribution in [1.82, 2.24) is 40.6 Å². The molecule has 1 amide bonds. The number of ether oxygens (including phenoxy) is 6. The van der Waals surface area contributed by atoms with Crippen molar-refractivity contribution < 1.29 is 41.6 Å². The van der Waals surface area contributed by atoms with E-state index in [0.29, 0.717) is 28.6 Å². The number of aromatic nitrogens is 8. The first-order chi connectivity index (χ1) is 25.4. The summed E-state index contributed by atoms with van der Waals surface area (Å²) in [6.07, 6.45) is 2.21. The van der Waals surface area contributed by atoms with Gasteiger partial charge in [-0.3, -0.25) is 15.0 Å². The molecule has 0 unspecified atom stereocenters. The van der Waals surface area contributed by atoms with E-state index in [2.05, 4.69) is 50.6 Å².